The second-order valence-electron chi connectivity index (χ2n) is 4.52. The summed E-state index contributed by atoms with van der Waals surface area (Å²) in [4.78, 5) is 2.26. The summed E-state index contributed by atoms with van der Waals surface area (Å²) in [5, 5.41) is 7.88. The number of hydrogen-bond acceptors (Lipinski definition) is 4. The van der Waals surface area contributed by atoms with Crippen LogP contribution in [0.15, 0.2) is 6.07 Å². The normalized spacial score (nSPS) is 14.9. The molecule has 6 heteroatoms. The molecule has 19 heavy (non-hydrogen) atoms. The Hall–Kier alpha value is -0.900. The van der Waals surface area contributed by atoms with Crippen LogP contribution in [0.4, 0.5) is 0 Å². The minimum Gasteiger partial charge on any atom is -0.211 e. The third kappa shape index (κ3) is 3.78. The van der Waals surface area contributed by atoms with E-state index in [0.29, 0.717) is 6.42 Å². The molecule has 106 valence electrons. The van der Waals surface area contributed by atoms with E-state index in [4.69, 9.17) is 5.26 Å². The number of thiophene rings is 1. The first-order valence-electron chi connectivity index (χ1n) is 6.35. The smallest absolute Gasteiger partial charge is 0.211 e. The third-order valence-corrected chi connectivity index (χ3v) is 6.45. The van der Waals surface area contributed by atoms with Gasteiger partial charge in [-0.25, -0.2) is 13.1 Å². The number of rotatable bonds is 6. The van der Waals surface area contributed by atoms with Crippen LogP contribution in [0, 0.1) is 18.3 Å². The zero-order valence-corrected chi connectivity index (χ0v) is 13.4. The second kappa shape index (κ2) is 6.51. The molecule has 1 N–H and O–H groups in total. The Kier molecular flexibility index (Phi) is 5.53. The number of nitrogens with zero attached hydrogens (tertiary/aromatic N) is 1. The van der Waals surface area contributed by atoms with Crippen LogP contribution >= 0.6 is 11.3 Å². The Labute approximate surface area is 119 Å². The van der Waals surface area contributed by atoms with Gasteiger partial charge in [0.1, 0.15) is 0 Å². The number of aryl methyl sites for hydroxylation is 2. The molecule has 0 radical (unpaired) electrons. The highest BCUT2D eigenvalue weighted by Gasteiger charge is 2.26. The summed E-state index contributed by atoms with van der Waals surface area (Å²) in [6.45, 7) is 7.62. The first-order valence-corrected chi connectivity index (χ1v) is 8.71. The van der Waals surface area contributed by atoms with Crippen molar-refractivity contribution >= 4 is 21.4 Å². The lowest BCUT2D eigenvalue weighted by Crippen LogP contribution is -2.34. The molecular weight excluding hydrogens is 280 g/mol. The van der Waals surface area contributed by atoms with Gasteiger partial charge in [0.25, 0.3) is 0 Å². The van der Waals surface area contributed by atoms with E-state index in [-0.39, 0.29) is 6.04 Å². The largest absolute Gasteiger partial charge is 0.228 e. The average molecular weight is 300 g/mol. The van der Waals surface area contributed by atoms with Crippen LogP contribution in [0.2, 0.25) is 0 Å². The van der Waals surface area contributed by atoms with Gasteiger partial charge in [0.15, 0.2) is 5.25 Å². The second-order valence-corrected chi connectivity index (χ2v) is 7.58. The molecule has 1 heterocycles. The minimum atomic E-state index is -3.58. The number of hydrogen-bond donors (Lipinski definition) is 1. The first-order chi connectivity index (χ1) is 8.85. The minimum absolute atomic E-state index is 0.294. The molecular formula is C13H20N2O2S2. The van der Waals surface area contributed by atoms with Crippen LogP contribution in [-0.4, -0.2) is 13.7 Å². The Bertz CT molecular complexity index is 570. The molecule has 2 unspecified atom stereocenters. The van der Waals surface area contributed by atoms with Crippen molar-refractivity contribution in [1.29, 1.82) is 5.26 Å². The van der Waals surface area contributed by atoms with Crippen LogP contribution in [0.25, 0.3) is 0 Å². The zero-order valence-electron chi connectivity index (χ0n) is 11.7. The van der Waals surface area contributed by atoms with Crippen molar-refractivity contribution in [2.75, 3.05) is 0 Å². The number of sulfonamides is 1. The molecule has 1 aromatic rings. The van der Waals surface area contributed by atoms with Gasteiger partial charge in [-0.2, -0.15) is 5.26 Å². The van der Waals surface area contributed by atoms with E-state index in [1.165, 1.54) is 10.4 Å². The fraction of sp³-hybridized carbons (Fsp3) is 0.615. The highest BCUT2D eigenvalue weighted by Crippen LogP contribution is 2.28. The van der Waals surface area contributed by atoms with Gasteiger partial charge in [0.05, 0.1) is 12.1 Å². The summed E-state index contributed by atoms with van der Waals surface area (Å²) in [5.41, 5.74) is 1.20. The van der Waals surface area contributed by atoms with Crippen molar-refractivity contribution in [2.45, 2.75) is 51.8 Å². The lowest BCUT2D eigenvalue weighted by Gasteiger charge is -2.15. The fourth-order valence-electron chi connectivity index (χ4n) is 1.88. The van der Waals surface area contributed by atoms with E-state index < -0.39 is 15.3 Å². The van der Waals surface area contributed by atoms with Crippen molar-refractivity contribution in [3.8, 4) is 6.07 Å². The van der Waals surface area contributed by atoms with E-state index in [2.05, 4.69) is 11.6 Å². The molecule has 0 spiro atoms. The molecule has 0 aliphatic rings. The summed E-state index contributed by atoms with van der Waals surface area (Å²) in [6, 6.07) is 3.55. The molecule has 0 amide bonds. The van der Waals surface area contributed by atoms with Gasteiger partial charge < -0.3 is 0 Å². The van der Waals surface area contributed by atoms with Gasteiger partial charge in [0.2, 0.25) is 10.0 Å². The summed E-state index contributed by atoms with van der Waals surface area (Å²) in [5.74, 6) is 0. The summed E-state index contributed by atoms with van der Waals surface area (Å²) >= 11 is 1.63. The van der Waals surface area contributed by atoms with Crippen molar-refractivity contribution in [3.05, 3.63) is 21.4 Å². The number of nitrogens with one attached hydrogen (secondary N) is 1. The topological polar surface area (TPSA) is 70.0 Å². The standard InChI is InChI=1S/C13H20N2O2S2/c1-5-11(8-14)19(16,17)15-10(4)13-7-9(3)12(6-2)18-13/h7,10-11,15H,5-6H2,1-4H3. The predicted molar refractivity (Wildman–Crippen MR) is 78.6 cm³/mol. The molecule has 0 saturated carbocycles. The fourth-order valence-corrected chi connectivity index (χ4v) is 4.43. The van der Waals surface area contributed by atoms with Gasteiger partial charge >= 0.3 is 0 Å². The third-order valence-electron chi connectivity index (χ3n) is 3.02. The van der Waals surface area contributed by atoms with Crippen molar-refractivity contribution in [2.24, 2.45) is 0 Å². The van der Waals surface area contributed by atoms with E-state index in [9.17, 15) is 8.42 Å². The maximum Gasteiger partial charge on any atom is 0.228 e. The highest BCUT2D eigenvalue weighted by atomic mass is 32.2. The Morgan fingerprint density at radius 1 is 1.47 bits per heavy atom. The summed E-state index contributed by atoms with van der Waals surface area (Å²) in [6.07, 6.45) is 1.24. The van der Waals surface area contributed by atoms with Gasteiger partial charge in [-0.3, -0.25) is 0 Å². The van der Waals surface area contributed by atoms with Crippen LogP contribution < -0.4 is 4.72 Å². The van der Waals surface area contributed by atoms with Gasteiger partial charge in [0, 0.05) is 9.75 Å². The lowest BCUT2D eigenvalue weighted by molar-refractivity contribution is 0.560. The lowest BCUT2D eigenvalue weighted by atomic mass is 10.2. The predicted octanol–water partition coefficient (Wildman–Crippen LogP) is 2.90. The van der Waals surface area contributed by atoms with Gasteiger partial charge in [-0.1, -0.05) is 13.8 Å². The van der Waals surface area contributed by atoms with E-state index in [1.807, 2.05) is 26.0 Å². The van der Waals surface area contributed by atoms with Crippen molar-refractivity contribution in [1.82, 2.24) is 4.72 Å². The Morgan fingerprint density at radius 2 is 2.11 bits per heavy atom. The SMILES string of the molecule is CCc1sc(C(C)NS(=O)(=O)C(C#N)CC)cc1C. The quantitative estimate of drug-likeness (QED) is 0.878. The molecule has 0 aromatic carbocycles. The van der Waals surface area contributed by atoms with Crippen LogP contribution in [0.5, 0.6) is 0 Å². The molecule has 0 saturated heterocycles. The van der Waals surface area contributed by atoms with Gasteiger partial charge in [-0.15, -0.1) is 11.3 Å². The highest BCUT2D eigenvalue weighted by molar-refractivity contribution is 7.90. The average Bonchev–Trinajstić information content (AvgIpc) is 2.71. The molecule has 0 bridgehead atoms. The molecule has 0 fully saturated rings. The molecule has 1 aromatic heterocycles. The molecule has 0 aliphatic carbocycles. The van der Waals surface area contributed by atoms with Crippen LogP contribution in [0.3, 0.4) is 0 Å². The monoisotopic (exact) mass is 300 g/mol. The summed E-state index contributed by atoms with van der Waals surface area (Å²) < 4.78 is 26.6. The van der Waals surface area contributed by atoms with E-state index in [0.717, 1.165) is 11.3 Å². The molecule has 0 aliphatic heterocycles. The Balaban J connectivity index is 2.90. The van der Waals surface area contributed by atoms with Gasteiger partial charge in [-0.05, 0) is 38.3 Å². The van der Waals surface area contributed by atoms with Crippen molar-refractivity contribution < 1.29 is 8.42 Å². The van der Waals surface area contributed by atoms with Crippen LogP contribution in [0.1, 0.15) is 48.6 Å². The first kappa shape index (κ1) is 16.2. The molecule has 2 atom stereocenters. The Morgan fingerprint density at radius 3 is 2.53 bits per heavy atom. The zero-order chi connectivity index (χ0) is 14.6. The maximum atomic E-state index is 12.0. The van der Waals surface area contributed by atoms with E-state index >= 15 is 0 Å². The molecule has 4 nitrogen and oxygen atoms in total. The van der Waals surface area contributed by atoms with Crippen LogP contribution in [-0.2, 0) is 16.4 Å². The van der Waals surface area contributed by atoms with Crippen molar-refractivity contribution in [3.63, 3.8) is 0 Å². The number of nitriles is 1. The molecule has 1 rings (SSSR count). The maximum absolute atomic E-state index is 12.0. The summed E-state index contributed by atoms with van der Waals surface area (Å²) in [7, 11) is -3.58. The van der Waals surface area contributed by atoms with E-state index in [1.54, 1.807) is 18.3 Å².